The molecule has 4 rings (SSSR count). The van der Waals surface area contributed by atoms with Gasteiger partial charge in [-0.05, 0) is 49.6 Å². The van der Waals surface area contributed by atoms with Crippen molar-refractivity contribution in [2.75, 3.05) is 19.6 Å². The van der Waals surface area contributed by atoms with Crippen LogP contribution in [0, 0.1) is 6.92 Å². The fourth-order valence-electron chi connectivity index (χ4n) is 3.89. The Morgan fingerprint density at radius 3 is 2.63 bits per heavy atom. The van der Waals surface area contributed by atoms with E-state index in [1.807, 2.05) is 19.1 Å². The number of hydrogen-bond donors (Lipinski definition) is 0. The fourth-order valence-corrected chi connectivity index (χ4v) is 3.89. The molecule has 0 bridgehead atoms. The van der Waals surface area contributed by atoms with Gasteiger partial charge in [0, 0.05) is 31.4 Å². The molecule has 1 fully saturated rings. The number of fused-ring (bicyclic) bond motifs is 1. The molecule has 0 saturated carbocycles. The molecule has 2 aromatic rings. The van der Waals surface area contributed by atoms with E-state index in [2.05, 4.69) is 4.98 Å². The Balaban J connectivity index is 1.46. The second-order valence-electron chi connectivity index (χ2n) is 7.20. The van der Waals surface area contributed by atoms with Crippen molar-refractivity contribution in [1.82, 2.24) is 14.8 Å². The maximum Gasteiger partial charge on any atom is 0.262 e. The number of aromatic nitrogens is 1. The predicted molar refractivity (Wildman–Crippen MR) is 99.3 cm³/mol. The van der Waals surface area contributed by atoms with E-state index in [4.69, 9.17) is 0 Å². The zero-order valence-electron chi connectivity index (χ0n) is 15.2. The zero-order valence-corrected chi connectivity index (χ0v) is 15.2. The van der Waals surface area contributed by atoms with Gasteiger partial charge in [-0.3, -0.25) is 24.3 Å². The van der Waals surface area contributed by atoms with Crippen molar-refractivity contribution in [3.63, 3.8) is 0 Å². The number of piperidine rings is 1. The minimum Gasteiger partial charge on any atom is -0.341 e. The Morgan fingerprint density at radius 1 is 1.11 bits per heavy atom. The lowest BCUT2D eigenvalue weighted by Gasteiger charge is -2.33. The van der Waals surface area contributed by atoms with Gasteiger partial charge in [-0.25, -0.2) is 0 Å². The number of nitrogens with zero attached hydrogens (tertiary/aromatic N) is 3. The normalized spacial score (nSPS) is 19.4. The highest BCUT2D eigenvalue weighted by molar-refractivity contribution is 6.22. The van der Waals surface area contributed by atoms with E-state index >= 15 is 0 Å². The van der Waals surface area contributed by atoms with Gasteiger partial charge in [-0.1, -0.05) is 11.6 Å². The van der Waals surface area contributed by atoms with Crippen molar-refractivity contribution >= 4 is 17.7 Å². The maximum absolute atomic E-state index is 12.8. The van der Waals surface area contributed by atoms with Crippen LogP contribution in [0.2, 0.25) is 0 Å². The van der Waals surface area contributed by atoms with E-state index in [9.17, 15) is 14.4 Å². The first-order valence-electron chi connectivity index (χ1n) is 9.19. The van der Waals surface area contributed by atoms with Crippen LogP contribution in [0.15, 0.2) is 42.7 Å². The number of imide groups is 1. The van der Waals surface area contributed by atoms with Crippen LogP contribution in [0.5, 0.6) is 0 Å². The molecular weight excluding hydrogens is 342 g/mol. The van der Waals surface area contributed by atoms with Crippen LogP contribution in [0.25, 0.3) is 0 Å². The summed E-state index contributed by atoms with van der Waals surface area (Å²) < 4.78 is 0. The van der Waals surface area contributed by atoms with Crippen LogP contribution < -0.4 is 0 Å². The van der Waals surface area contributed by atoms with E-state index < -0.39 is 0 Å². The van der Waals surface area contributed by atoms with Gasteiger partial charge >= 0.3 is 0 Å². The highest BCUT2D eigenvalue weighted by Gasteiger charge is 2.38. The smallest absolute Gasteiger partial charge is 0.262 e. The van der Waals surface area contributed by atoms with Gasteiger partial charge in [-0.15, -0.1) is 0 Å². The number of hydrogen-bond acceptors (Lipinski definition) is 4. The van der Waals surface area contributed by atoms with Crippen molar-refractivity contribution in [2.24, 2.45) is 0 Å². The molecular formula is C21H21N3O3. The summed E-state index contributed by atoms with van der Waals surface area (Å²) in [4.78, 5) is 44.8. The van der Waals surface area contributed by atoms with Gasteiger partial charge in [-0.2, -0.15) is 0 Å². The van der Waals surface area contributed by atoms with Crippen LogP contribution in [0.1, 0.15) is 50.6 Å². The average molecular weight is 363 g/mol. The topological polar surface area (TPSA) is 70.6 Å². The standard InChI is InChI=1S/C21H21N3O3/c1-14-4-5-17-18(11-14)21(27)24(20(17)26)13-19(25)23-10-2-3-16(12-23)15-6-8-22-9-7-15/h4-9,11,16H,2-3,10,12-13H2,1H3. The molecule has 1 aromatic carbocycles. The average Bonchev–Trinajstić information content (AvgIpc) is 2.93. The monoisotopic (exact) mass is 363 g/mol. The van der Waals surface area contributed by atoms with Gasteiger partial charge in [0.05, 0.1) is 11.1 Å². The molecule has 2 aliphatic heterocycles. The zero-order chi connectivity index (χ0) is 19.0. The third-order valence-electron chi connectivity index (χ3n) is 5.37. The summed E-state index contributed by atoms with van der Waals surface area (Å²) in [5.41, 5.74) is 2.85. The van der Waals surface area contributed by atoms with Crippen LogP contribution in [0.4, 0.5) is 0 Å². The summed E-state index contributed by atoms with van der Waals surface area (Å²) in [6, 6.07) is 9.13. The van der Waals surface area contributed by atoms with Crippen molar-refractivity contribution in [1.29, 1.82) is 0 Å². The molecule has 6 heteroatoms. The van der Waals surface area contributed by atoms with Crippen LogP contribution in [0.3, 0.4) is 0 Å². The Bertz CT molecular complexity index is 910. The molecule has 0 N–H and O–H groups in total. The lowest BCUT2D eigenvalue weighted by molar-refractivity contribution is -0.132. The van der Waals surface area contributed by atoms with Crippen LogP contribution in [-0.4, -0.2) is 52.1 Å². The minimum atomic E-state index is -0.383. The number of rotatable bonds is 3. The number of pyridine rings is 1. The molecule has 27 heavy (non-hydrogen) atoms. The first-order chi connectivity index (χ1) is 13.0. The van der Waals surface area contributed by atoms with Crippen molar-refractivity contribution in [2.45, 2.75) is 25.7 Å². The molecule has 1 saturated heterocycles. The van der Waals surface area contributed by atoms with E-state index in [1.54, 1.807) is 35.5 Å². The Morgan fingerprint density at radius 2 is 1.85 bits per heavy atom. The number of carbonyl (C=O) groups excluding carboxylic acids is 3. The molecule has 1 unspecified atom stereocenters. The SMILES string of the molecule is Cc1ccc2c(c1)C(=O)N(CC(=O)N1CCCC(c3ccncc3)C1)C2=O. The van der Waals surface area contributed by atoms with E-state index in [-0.39, 0.29) is 30.2 Å². The van der Waals surface area contributed by atoms with Crippen molar-refractivity contribution in [3.8, 4) is 0 Å². The van der Waals surface area contributed by atoms with Crippen molar-refractivity contribution < 1.29 is 14.4 Å². The Labute approximate surface area is 157 Å². The number of aryl methyl sites for hydroxylation is 1. The minimum absolute atomic E-state index is 0.181. The number of benzene rings is 1. The summed E-state index contributed by atoms with van der Waals surface area (Å²) >= 11 is 0. The van der Waals surface area contributed by atoms with Gasteiger partial charge in [0.2, 0.25) is 5.91 Å². The van der Waals surface area contributed by atoms with E-state index in [0.29, 0.717) is 24.2 Å². The largest absolute Gasteiger partial charge is 0.341 e. The fraction of sp³-hybridized carbons (Fsp3) is 0.333. The van der Waals surface area contributed by atoms with E-state index in [0.717, 1.165) is 23.3 Å². The lowest BCUT2D eigenvalue weighted by Crippen LogP contribution is -2.46. The predicted octanol–water partition coefficient (Wildman–Crippen LogP) is 2.39. The third kappa shape index (κ3) is 3.23. The summed E-state index contributed by atoms with van der Waals surface area (Å²) in [5.74, 6) is -0.684. The first-order valence-corrected chi connectivity index (χ1v) is 9.19. The van der Waals surface area contributed by atoms with Crippen LogP contribution in [-0.2, 0) is 4.79 Å². The summed E-state index contributed by atoms with van der Waals surface area (Å²) in [7, 11) is 0. The highest BCUT2D eigenvalue weighted by Crippen LogP contribution is 2.28. The van der Waals surface area contributed by atoms with Gasteiger partial charge < -0.3 is 4.90 Å². The Hall–Kier alpha value is -3.02. The molecule has 1 atom stereocenters. The molecule has 2 aliphatic rings. The molecule has 0 aliphatic carbocycles. The number of likely N-dealkylation sites (tertiary alicyclic amines) is 1. The second kappa shape index (κ2) is 6.95. The number of amides is 3. The highest BCUT2D eigenvalue weighted by atomic mass is 16.2. The maximum atomic E-state index is 12.8. The molecule has 1 aromatic heterocycles. The number of carbonyl (C=O) groups is 3. The molecule has 3 heterocycles. The lowest BCUT2D eigenvalue weighted by atomic mass is 9.91. The Kier molecular flexibility index (Phi) is 4.48. The van der Waals surface area contributed by atoms with Gasteiger partial charge in [0.1, 0.15) is 6.54 Å². The molecule has 0 radical (unpaired) electrons. The summed E-state index contributed by atoms with van der Waals surface area (Å²) in [5, 5.41) is 0. The summed E-state index contributed by atoms with van der Waals surface area (Å²) in [6.07, 6.45) is 5.44. The second-order valence-corrected chi connectivity index (χ2v) is 7.20. The molecule has 6 nitrogen and oxygen atoms in total. The van der Waals surface area contributed by atoms with Gasteiger partial charge in [0.25, 0.3) is 11.8 Å². The van der Waals surface area contributed by atoms with Gasteiger partial charge in [0.15, 0.2) is 0 Å². The summed E-state index contributed by atoms with van der Waals surface area (Å²) in [6.45, 7) is 2.93. The molecule has 3 amide bonds. The van der Waals surface area contributed by atoms with Crippen molar-refractivity contribution in [3.05, 3.63) is 65.0 Å². The molecule has 0 spiro atoms. The van der Waals surface area contributed by atoms with Crippen LogP contribution >= 0.6 is 0 Å². The van der Waals surface area contributed by atoms with E-state index in [1.165, 1.54) is 5.56 Å². The molecule has 138 valence electrons. The quantitative estimate of drug-likeness (QED) is 0.785. The first kappa shape index (κ1) is 17.4. The third-order valence-corrected chi connectivity index (χ3v) is 5.37.